The van der Waals surface area contributed by atoms with Gasteiger partial charge in [0.15, 0.2) is 11.5 Å². The predicted molar refractivity (Wildman–Crippen MR) is 117 cm³/mol. The molecule has 1 aliphatic carbocycles. The number of ether oxygens (including phenoxy) is 2. The van der Waals surface area contributed by atoms with Gasteiger partial charge in [-0.3, -0.25) is 10.3 Å². The van der Waals surface area contributed by atoms with Crippen LogP contribution in [0.15, 0.2) is 42.6 Å². The van der Waals surface area contributed by atoms with E-state index in [2.05, 4.69) is 25.9 Å². The Kier molecular flexibility index (Phi) is 5.83. The molecule has 3 N–H and O–H groups in total. The maximum Gasteiger partial charge on any atom is 0.320 e. The van der Waals surface area contributed by atoms with E-state index in [1.54, 1.807) is 26.5 Å². The van der Waals surface area contributed by atoms with Crippen molar-refractivity contribution in [3.8, 4) is 11.5 Å². The van der Waals surface area contributed by atoms with E-state index >= 15 is 0 Å². The average molecular weight is 407 g/mol. The molecule has 8 nitrogen and oxygen atoms in total. The van der Waals surface area contributed by atoms with E-state index in [-0.39, 0.29) is 12.1 Å². The molecule has 0 saturated heterocycles. The maximum absolute atomic E-state index is 12.2. The second-order valence-corrected chi connectivity index (χ2v) is 7.23. The van der Waals surface area contributed by atoms with Crippen molar-refractivity contribution >= 4 is 34.3 Å². The van der Waals surface area contributed by atoms with Crippen LogP contribution in [0.25, 0.3) is 11.0 Å². The monoisotopic (exact) mass is 407 g/mol. The lowest BCUT2D eigenvalue weighted by molar-refractivity contribution is 0.248. The van der Waals surface area contributed by atoms with E-state index in [1.807, 2.05) is 30.3 Å². The molecular weight excluding hydrogens is 382 g/mol. The Morgan fingerprint density at radius 1 is 0.967 bits per heavy atom. The van der Waals surface area contributed by atoms with Gasteiger partial charge in [0, 0.05) is 17.8 Å². The first kappa shape index (κ1) is 19.8. The summed E-state index contributed by atoms with van der Waals surface area (Å²) in [5.74, 6) is 1.78. The number of amides is 2. The molecule has 4 rings (SSSR count). The Balaban J connectivity index is 1.49. The van der Waals surface area contributed by atoms with Crippen LogP contribution < -0.4 is 25.4 Å². The molecule has 0 spiro atoms. The number of nitrogens with zero attached hydrogens (tertiary/aromatic N) is 2. The summed E-state index contributed by atoms with van der Waals surface area (Å²) in [6, 6.07) is 11.1. The van der Waals surface area contributed by atoms with Crippen LogP contribution >= 0.6 is 0 Å². The fourth-order valence-corrected chi connectivity index (χ4v) is 3.63. The number of nitrogens with one attached hydrogen (secondary N) is 3. The topological polar surface area (TPSA) is 97.4 Å². The van der Waals surface area contributed by atoms with E-state index in [4.69, 9.17) is 9.47 Å². The van der Waals surface area contributed by atoms with Gasteiger partial charge in [0.2, 0.25) is 0 Å². The van der Waals surface area contributed by atoms with Crippen LogP contribution in [-0.2, 0) is 0 Å². The first-order valence-electron chi connectivity index (χ1n) is 9.98. The zero-order valence-electron chi connectivity index (χ0n) is 17.1. The molecular formula is C22H25N5O3. The van der Waals surface area contributed by atoms with E-state index < -0.39 is 0 Å². The van der Waals surface area contributed by atoms with Crippen molar-refractivity contribution in [2.75, 3.05) is 24.9 Å². The SMILES string of the molecule is COc1ccc(Nc2cnc3ccc(NC(=O)NC4CCCC4)nc3c2)cc1OC. The van der Waals surface area contributed by atoms with Crippen LogP contribution in [-0.4, -0.2) is 36.3 Å². The maximum atomic E-state index is 12.2. The zero-order valence-corrected chi connectivity index (χ0v) is 17.1. The Morgan fingerprint density at radius 3 is 2.53 bits per heavy atom. The van der Waals surface area contributed by atoms with Gasteiger partial charge >= 0.3 is 6.03 Å². The van der Waals surface area contributed by atoms with E-state index in [0.717, 1.165) is 29.7 Å². The number of hydrogen-bond acceptors (Lipinski definition) is 6. The van der Waals surface area contributed by atoms with Crippen molar-refractivity contribution in [3.05, 3.63) is 42.6 Å². The molecule has 2 aromatic heterocycles. The summed E-state index contributed by atoms with van der Waals surface area (Å²) < 4.78 is 10.6. The number of rotatable bonds is 6. The summed E-state index contributed by atoms with van der Waals surface area (Å²) in [5.41, 5.74) is 3.03. The van der Waals surface area contributed by atoms with Crippen molar-refractivity contribution in [1.29, 1.82) is 0 Å². The molecule has 8 heteroatoms. The lowest BCUT2D eigenvalue weighted by atomic mass is 10.2. The molecule has 0 aliphatic heterocycles. The molecule has 156 valence electrons. The van der Waals surface area contributed by atoms with Crippen LogP contribution in [0.3, 0.4) is 0 Å². The molecule has 3 aromatic rings. The van der Waals surface area contributed by atoms with Crippen LogP contribution in [0.4, 0.5) is 22.0 Å². The first-order valence-corrected chi connectivity index (χ1v) is 9.98. The van der Waals surface area contributed by atoms with Crippen LogP contribution in [0, 0.1) is 0 Å². The van der Waals surface area contributed by atoms with Crippen LogP contribution in [0.2, 0.25) is 0 Å². The molecule has 0 bridgehead atoms. The molecule has 1 saturated carbocycles. The van der Waals surface area contributed by atoms with Crippen molar-refractivity contribution < 1.29 is 14.3 Å². The molecule has 30 heavy (non-hydrogen) atoms. The highest BCUT2D eigenvalue weighted by molar-refractivity contribution is 5.90. The van der Waals surface area contributed by atoms with E-state index in [9.17, 15) is 4.79 Å². The molecule has 0 radical (unpaired) electrons. The van der Waals surface area contributed by atoms with Gasteiger partial charge in [-0.1, -0.05) is 12.8 Å². The molecule has 2 heterocycles. The number of urea groups is 1. The van der Waals surface area contributed by atoms with Gasteiger partial charge in [0.25, 0.3) is 0 Å². The normalized spacial score (nSPS) is 13.8. The molecule has 1 fully saturated rings. The van der Waals surface area contributed by atoms with Gasteiger partial charge in [0.1, 0.15) is 5.82 Å². The minimum atomic E-state index is -0.221. The summed E-state index contributed by atoms with van der Waals surface area (Å²) in [7, 11) is 3.20. The number of pyridine rings is 2. The van der Waals surface area contributed by atoms with Gasteiger partial charge in [-0.2, -0.15) is 0 Å². The van der Waals surface area contributed by atoms with Crippen LogP contribution in [0.1, 0.15) is 25.7 Å². The molecule has 1 aliphatic rings. The molecule has 0 unspecified atom stereocenters. The number of aromatic nitrogens is 2. The molecule has 2 amide bonds. The summed E-state index contributed by atoms with van der Waals surface area (Å²) in [4.78, 5) is 21.2. The third-order valence-corrected chi connectivity index (χ3v) is 5.14. The van der Waals surface area contributed by atoms with Gasteiger partial charge in [-0.15, -0.1) is 0 Å². The number of carbonyl (C=O) groups excluding carboxylic acids is 1. The van der Waals surface area contributed by atoms with Crippen molar-refractivity contribution in [3.63, 3.8) is 0 Å². The Morgan fingerprint density at radius 2 is 1.77 bits per heavy atom. The van der Waals surface area contributed by atoms with Gasteiger partial charge < -0.3 is 20.1 Å². The molecule has 0 atom stereocenters. The second-order valence-electron chi connectivity index (χ2n) is 7.23. The lowest BCUT2D eigenvalue weighted by Gasteiger charge is -2.13. The van der Waals surface area contributed by atoms with E-state index in [1.165, 1.54) is 12.8 Å². The van der Waals surface area contributed by atoms with Crippen molar-refractivity contribution in [1.82, 2.24) is 15.3 Å². The number of anilines is 3. The largest absolute Gasteiger partial charge is 0.493 e. The quantitative estimate of drug-likeness (QED) is 0.558. The minimum Gasteiger partial charge on any atom is -0.493 e. The van der Waals surface area contributed by atoms with Gasteiger partial charge in [-0.05, 0) is 43.2 Å². The van der Waals surface area contributed by atoms with Crippen molar-refractivity contribution in [2.24, 2.45) is 0 Å². The summed E-state index contributed by atoms with van der Waals surface area (Å²) in [6.07, 6.45) is 6.14. The first-order chi connectivity index (χ1) is 14.6. The van der Waals surface area contributed by atoms with Gasteiger partial charge in [-0.25, -0.2) is 9.78 Å². The summed E-state index contributed by atoms with van der Waals surface area (Å²) in [6.45, 7) is 0. The number of hydrogen-bond donors (Lipinski definition) is 3. The van der Waals surface area contributed by atoms with Crippen molar-refractivity contribution in [2.45, 2.75) is 31.7 Å². The zero-order chi connectivity index (χ0) is 20.9. The number of fused-ring (bicyclic) bond motifs is 1. The smallest absolute Gasteiger partial charge is 0.320 e. The number of carbonyl (C=O) groups is 1. The summed E-state index contributed by atoms with van der Waals surface area (Å²) >= 11 is 0. The molecule has 1 aromatic carbocycles. The highest BCUT2D eigenvalue weighted by Gasteiger charge is 2.17. The third kappa shape index (κ3) is 4.53. The van der Waals surface area contributed by atoms with Crippen LogP contribution in [0.5, 0.6) is 11.5 Å². The lowest BCUT2D eigenvalue weighted by Crippen LogP contribution is -2.36. The third-order valence-electron chi connectivity index (χ3n) is 5.14. The minimum absolute atomic E-state index is 0.221. The Labute approximate surface area is 175 Å². The Bertz CT molecular complexity index is 1050. The number of methoxy groups -OCH3 is 2. The average Bonchev–Trinajstić information content (AvgIpc) is 3.26. The highest BCUT2D eigenvalue weighted by Crippen LogP contribution is 2.31. The second kappa shape index (κ2) is 8.86. The summed E-state index contributed by atoms with van der Waals surface area (Å²) in [5, 5.41) is 9.11. The van der Waals surface area contributed by atoms with E-state index in [0.29, 0.717) is 22.8 Å². The van der Waals surface area contributed by atoms with Gasteiger partial charge in [0.05, 0.1) is 37.1 Å². The highest BCUT2D eigenvalue weighted by atomic mass is 16.5. The predicted octanol–water partition coefficient (Wildman–Crippen LogP) is 4.45. The Hall–Kier alpha value is -3.55. The number of benzene rings is 1. The fraction of sp³-hybridized carbons (Fsp3) is 0.318. The standard InChI is InChI=1S/C22H25N5O3/c1-29-19-9-7-15(12-20(19)30-2)24-16-11-18-17(23-13-16)8-10-21(26-18)27-22(28)25-14-5-3-4-6-14/h7-14,24H,3-6H2,1-2H3,(H2,25,26,27,28). The fourth-order valence-electron chi connectivity index (χ4n) is 3.63.